The van der Waals surface area contributed by atoms with Gasteiger partial charge in [-0.1, -0.05) is 91.3 Å². The first-order chi connectivity index (χ1) is 22.8. The average Bonchev–Trinajstić information content (AvgIpc) is 3.07. The molecule has 1 heterocycles. The molecule has 252 valence electrons. The number of hydrogen-bond acceptors (Lipinski definition) is 3. The van der Waals surface area contributed by atoms with Crippen LogP contribution in [0.2, 0.25) is 0 Å². The summed E-state index contributed by atoms with van der Waals surface area (Å²) in [5, 5.41) is 9.75. The lowest BCUT2D eigenvalue weighted by atomic mass is 10.0. The molecule has 0 aliphatic rings. The van der Waals surface area contributed by atoms with Crippen molar-refractivity contribution in [1.29, 1.82) is 0 Å². The number of ketones is 1. The number of aryl methyl sites for hydroxylation is 3. The van der Waals surface area contributed by atoms with Gasteiger partial charge in [0.2, 0.25) is 0 Å². The fourth-order valence-electron chi connectivity index (χ4n) is 6.62. The summed E-state index contributed by atoms with van der Waals surface area (Å²) in [6.45, 7) is 6.50. The van der Waals surface area contributed by atoms with Gasteiger partial charge >= 0.3 is 0 Å². The number of benzene rings is 4. The number of hydrogen-bond donors (Lipinski definition) is 2. The average molecular weight is 728 g/mol. The smallest absolute Gasteiger partial charge is 0.270 e. The summed E-state index contributed by atoms with van der Waals surface area (Å²) in [6, 6.07) is 32.9. The van der Waals surface area contributed by atoms with E-state index in [1.165, 1.54) is 70.9 Å². The van der Waals surface area contributed by atoms with Crippen LogP contribution in [-0.4, -0.2) is 22.1 Å². The third-order valence-electron chi connectivity index (χ3n) is 9.39. The first-order valence-electron chi connectivity index (χ1n) is 17.1. The SMILES string of the molecule is Cc1ccc([P+](CCCCCCCCCCC(=O)Cc2ccc3c(=O)[nH][nH]c(=O)c3c2)(c2ccc(C)cc2)c2ccc(C)cc2)cc1.[Br-]. The van der Waals surface area contributed by atoms with Crippen LogP contribution < -0.4 is 44.0 Å². The van der Waals surface area contributed by atoms with Crippen molar-refractivity contribution < 1.29 is 21.8 Å². The lowest BCUT2D eigenvalue weighted by Gasteiger charge is -2.28. The Kier molecular flexibility index (Phi) is 13.7. The van der Waals surface area contributed by atoms with Gasteiger partial charge in [-0.2, -0.15) is 0 Å². The van der Waals surface area contributed by atoms with Crippen LogP contribution in [0.5, 0.6) is 0 Å². The van der Waals surface area contributed by atoms with Crippen LogP contribution in [-0.2, 0) is 11.2 Å². The van der Waals surface area contributed by atoms with Gasteiger partial charge in [0, 0.05) is 12.8 Å². The molecule has 5 nitrogen and oxygen atoms in total. The molecule has 7 heteroatoms. The zero-order valence-electron chi connectivity index (χ0n) is 28.5. The normalized spacial score (nSPS) is 11.4. The van der Waals surface area contributed by atoms with Crippen LogP contribution >= 0.6 is 7.26 Å². The first-order valence-corrected chi connectivity index (χ1v) is 19.1. The van der Waals surface area contributed by atoms with Crippen molar-refractivity contribution in [2.45, 2.75) is 85.0 Å². The predicted molar refractivity (Wildman–Crippen MR) is 200 cm³/mol. The molecule has 0 atom stereocenters. The van der Waals surface area contributed by atoms with Crippen LogP contribution in [0, 0.1) is 20.8 Å². The van der Waals surface area contributed by atoms with Crippen LogP contribution in [0.1, 0.15) is 80.0 Å². The summed E-state index contributed by atoms with van der Waals surface area (Å²) in [6.07, 6.45) is 11.2. The Bertz CT molecular complexity index is 1780. The second-order valence-corrected chi connectivity index (χ2v) is 16.7. The number of rotatable bonds is 16. The standard InChI is InChI=1S/C41H47N2O3P.BrH/c1-30-13-20-35(21-14-30)47(36-22-15-31(2)16-23-36,37-24-17-32(3)18-25-37)27-11-9-7-5-4-6-8-10-12-34(44)28-33-19-26-38-39(29-33)41(46)43-42-40(38)45;/h13-26,29H,4-12,27-28H2,1-3H3,(H-,42,43,45,46);1H. The van der Waals surface area contributed by atoms with Crippen molar-refractivity contribution in [3.8, 4) is 0 Å². The van der Waals surface area contributed by atoms with Crippen LogP contribution in [0.4, 0.5) is 0 Å². The van der Waals surface area contributed by atoms with Crippen LogP contribution in [0.25, 0.3) is 10.8 Å². The summed E-state index contributed by atoms with van der Waals surface area (Å²) in [5.41, 5.74) is 3.98. The molecule has 0 saturated heterocycles. The highest BCUT2D eigenvalue weighted by atomic mass is 79.9. The van der Waals surface area contributed by atoms with E-state index in [4.69, 9.17) is 0 Å². The molecule has 0 saturated carbocycles. The molecule has 2 N–H and O–H groups in total. The van der Waals surface area contributed by atoms with Crippen LogP contribution in [0.3, 0.4) is 0 Å². The van der Waals surface area contributed by atoms with E-state index in [-0.39, 0.29) is 33.9 Å². The Balaban J connectivity index is 0.00000520. The minimum atomic E-state index is -1.80. The number of Topliss-reactive ketones (excluding diaryl/α,β-unsaturated/α-hetero) is 1. The lowest BCUT2D eigenvalue weighted by molar-refractivity contribution is -0.118. The van der Waals surface area contributed by atoms with Gasteiger partial charge < -0.3 is 17.0 Å². The molecule has 1 aromatic heterocycles. The molecular weight excluding hydrogens is 679 g/mol. The summed E-state index contributed by atoms with van der Waals surface area (Å²) in [5.74, 6) is 0.174. The first kappa shape index (κ1) is 37.2. The van der Waals surface area contributed by atoms with Crippen molar-refractivity contribution in [2.24, 2.45) is 0 Å². The predicted octanol–water partition coefficient (Wildman–Crippen LogP) is 4.76. The Morgan fingerprint density at radius 2 is 0.958 bits per heavy atom. The molecule has 0 bridgehead atoms. The van der Waals surface area contributed by atoms with Crippen LogP contribution in [0.15, 0.2) is 101 Å². The van der Waals surface area contributed by atoms with Crippen molar-refractivity contribution in [3.05, 3.63) is 134 Å². The third-order valence-corrected chi connectivity index (χ3v) is 13.9. The maximum atomic E-state index is 12.6. The number of unbranched alkanes of at least 4 members (excludes halogenated alkanes) is 7. The van der Waals surface area contributed by atoms with Crippen molar-refractivity contribution >= 4 is 39.7 Å². The number of H-pyrrole nitrogens is 2. The van der Waals surface area contributed by atoms with Crippen molar-refractivity contribution in [1.82, 2.24) is 10.2 Å². The fourth-order valence-corrected chi connectivity index (χ4v) is 11.0. The topological polar surface area (TPSA) is 82.8 Å². The zero-order valence-corrected chi connectivity index (χ0v) is 31.0. The molecule has 0 amide bonds. The maximum Gasteiger partial charge on any atom is 0.270 e. The highest BCUT2D eigenvalue weighted by molar-refractivity contribution is 7.95. The molecule has 4 aromatic carbocycles. The monoisotopic (exact) mass is 726 g/mol. The largest absolute Gasteiger partial charge is 1.00 e. The van der Waals surface area contributed by atoms with E-state index >= 15 is 0 Å². The number of halogens is 1. The zero-order chi connectivity index (χ0) is 33.2. The van der Waals surface area contributed by atoms with E-state index in [9.17, 15) is 14.4 Å². The summed E-state index contributed by atoms with van der Waals surface area (Å²) >= 11 is 0. The number of fused-ring (bicyclic) bond motifs is 1. The number of nitrogens with one attached hydrogen (secondary N) is 2. The van der Waals surface area contributed by atoms with Gasteiger partial charge in [-0.25, -0.2) is 0 Å². The number of aromatic amines is 2. The van der Waals surface area contributed by atoms with Gasteiger partial charge in [0.1, 0.15) is 29.0 Å². The van der Waals surface area contributed by atoms with Gasteiger partial charge in [0.05, 0.1) is 16.9 Å². The fraction of sp³-hybridized carbons (Fsp3) is 0.341. The second-order valence-electron chi connectivity index (χ2n) is 13.1. The molecule has 48 heavy (non-hydrogen) atoms. The van der Waals surface area contributed by atoms with Gasteiger partial charge in [-0.15, -0.1) is 0 Å². The van der Waals surface area contributed by atoms with Crippen molar-refractivity contribution in [3.63, 3.8) is 0 Å². The Labute approximate surface area is 295 Å². The van der Waals surface area contributed by atoms with Crippen molar-refractivity contribution in [2.75, 3.05) is 6.16 Å². The molecule has 0 spiro atoms. The second kappa shape index (κ2) is 17.7. The third kappa shape index (κ3) is 9.30. The van der Waals surface area contributed by atoms with Gasteiger partial charge in [0.25, 0.3) is 11.1 Å². The number of carbonyl (C=O) groups is 1. The van der Waals surface area contributed by atoms with E-state index in [0.717, 1.165) is 24.8 Å². The van der Waals surface area contributed by atoms with Gasteiger partial charge in [-0.3, -0.25) is 24.6 Å². The van der Waals surface area contributed by atoms with E-state index in [1.54, 1.807) is 18.2 Å². The minimum Gasteiger partial charge on any atom is -1.00 e. The highest BCUT2D eigenvalue weighted by Gasteiger charge is 2.44. The number of aromatic nitrogens is 2. The van der Waals surface area contributed by atoms with E-state index < -0.39 is 7.26 Å². The van der Waals surface area contributed by atoms with E-state index in [2.05, 4.69) is 104 Å². The molecule has 0 aliphatic carbocycles. The molecule has 0 unspecified atom stereocenters. The Hall–Kier alpha value is -3.60. The van der Waals surface area contributed by atoms with Gasteiger partial charge in [0.15, 0.2) is 0 Å². The van der Waals surface area contributed by atoms with E-state index in [1.807, 2.05) is 0 Å². The van der Waals surface area contributed by atoms with Gasteiger partial charge in [-0.05, 0) is 94.1 Å². The quantitative estimate of drug-likeness (QED) is 0.114. The highest BCUT2D eigenvalue weighted by Crippen LogP contribution is 2.56. The Morgan fingerprint density at radius 3 is 1.44 bits per heavy atom. The molecular formula is C41H48BrN2O3P. The molecule has 5 aromatic rings. The molecule has 0 radical (unpaired) electrons. The molecule has 0 fully saturated rings. The van der Waals surface area contributed by atoms with E-state index in [0.29, 0.717) is 23.6 Å². The Morgan fingerprint density at radius 1 is 0.542 bits per heavy atom. The minimum absolute atomic E-state index is 0. The number of carbonyl (C=O) groups excluding carboxylic acids is 1. The maximum absolute atomic E-state index is 12.6. The summed E-state index contributed by atoms with van der Waals surface area (Å²) < 4.78 is 0. The summed E-state index contributed by atoms with van der Waals surface area (Å²) in [4.78, 5) is 36.6. The molecule has 5 rings (SSSR count). The molecule has 0 aliphatic heterocycles. The summed E-state index contributed by atoms with van der Waals surface area (Å²) in [7, 11) is -1.80. The lowest BCUT2D eigenvalue weighted by Crippen LogP contribution is -3.00.